The van der Waals surface area contributed by atoms with Crippen LogP contribution in [-0.4, -0.2) is 52.3 Å². The highest BCUT2D eigenvalue weighted by atomic mass is 16.5. The van der Waals surface area contributed by atoms with Gasteiger partial charge in [0.2, 0.25) is 5.91 Å². The standard InChI is InChI=1S/C20H26N2O3/c1-20(24)8-10-25-13-16(20)18-7-4-9-22(18)19(23)11-14-12-21-17-6-3-2-5-15(14)17/h2-3,5-6,12,16,18,21,24H,4,7-11,13H2,1H3/t16-,18-,20+/m1/s1. The van der Waals surface area contributed by atoms with Gasteiger partial charge in [0, 0.05) is 42.2 Å². The van der Waals surface area contributed by atoms with E-state index < -0.39 is 5.60 Å². The average Bonchev–Trinajstić information content (AvgIpc) is 3.22. The average molecular weight is 342 g/mol. The van der Waals surface area contributed by atoms with Crippen molar-refractivity contribution in [3.8, 4) is 0 Å². The van der Waals surface area contributed by atoms with Gasteiger partial charge in [-0.15, -0.1) is 0 Å². The van der Waals surface area contributed by atoms with Crippen LogP contribution in [0.1, 0.15) is 31.7 Å². The van der Waals surface area contributed by atoms with Crippen molar-refractivity contribution in [1.82, 2.24) is 9.88 Å². The van der Waals surface area contributed by atoms with Gasteiger partial charge in [0.1, 0.15) is 0 Å². The zero-order valence-electron chi connectivity index (χ0n) is 14.7. The van der Waals surface area contributed by atoms with Crippen molar-refractivity contribution in [2.24, 2.45) is 5.92 Å². The van der Waals surface area contributed by atoms with E-state index >= 15 is 0 Å². The van der Waals surface area contributed by atoms with Gasteiger partial charge in [-0.2, -0.15) is 0 Å². The number of aromatic nitrogens is 1. The molecule has 2 aliphatic heterocycles. The second kappa shape index (κ2) is 6.46. The van der Waals surface area contributed by atoms with Crippen LogP contribution in [-0.2, 0) is 16.0 Å². The number of rotatable bonds is 3. The van der Waals surface area contributed by atoms with Crippen molar-refractivity contribution in [1.29, 1.82) is 0 Å². The van der Waals surface area contributed by atoms with Crippen LogP contribution >= 0.6 is 0 Å². The van der Waals surface area contributed by atoms with E-state index in [0.29, 0.717) is 26.1 Å². The summed E-state index contributed by atoms with van der Waals surface area (Å²) in [6.45, 7) is 3.80. The minimum Gasteiger partial charge on any atom is -0.390 e. The highest BCUT2D eigenvalue weighted by molar-refractivity contribution is 5.89. The number of carbonyl (C=O) groups is 1. The van der Waals surface area contributed by atoms with E-state index in [4.69, 9.17) is 4.74 Å². The van der Waals surface area contributed by atoms with E-state index in [-0.39, 0.29) is 17.9 Å². The number of para-hydroxylation sites is 1. The Kier molecular flexibility index (Phi) is 4.29. The molecule has 1 amide bonds. The lowest BCUT2D eigenvalue weighted by atomic mass is 9.79. The normalized spacial score (nSPS) is 30.1. The maximum absolute atomic E-state index is 13.0. The highest BCUT2D eigenvalue weighted by Crippen LogP contribution is 2.36. The van der Waals surface area contributed by atoms with Crippen LogP contribution in [0.5, 0.6) is 0 Å². The number of benzene rings is 1. The molecule has 5 nitrogen and oxygen atoms in total. The lowest BCUT2D eigenvalue weighted by Crippen LogP contribution is -2.53. The van der Waals surface area contributed by atoms with Gasteiger partial charge < -0.3 is 19.7 Å². The lowest BCUT2D eigenvalue weighted by Gasteiger charge is -2.43. The molecule has 2 aromatic rings. The van der Waals surface area contributed by atoms with E-state index in [1.807, 2.05) is 36.2 Å². The molecule has 2 aliphatic rings. The number of nitrogens with zero attached hydrogens (tertiary/aromatic N) is 1. The summed E-state index contributed by atoms with van der Waals surface area (Å²) in [4.78, 5) is 18.2. The number of likely N-dealkylation sites (tertiary alicyclic amines) is 1. The molecule has 0 spiro atoms. The van der Waals surface area contributed by atoms with Crippen molar-refractivity contribution in [3.05, 3.63) is 36.0 Å². The number of nitrogens with one attached hydrogen (secondary N) is 1. The van der Waals surface area contributed by atoms with E-state index in [0.717, 1.165) is 35.9 Å². The highest BCUT2D eigenvalue weighted by Gasteiger charge is 2.45. The number of fused-ring (bicyclic) bond motifs is 1. The molecule has 4 rings (SSSR count). The molecule has 0 unspecified atom stereocenters. The Morgan fingerprint density at radius 1 is 1.44 bits per heavy atom. The predicted molar refractivity (Wildman–Crippen MR) is 96.3 cm³/mol. The van der Waals surface area contributed by atoms with Crippen LogP contribution in [0, 0.1) is 5.92 Å². The summed E-state index contributed by atoms with van der Waals surface area (Å²) in [6, 6.07) is 8.15. The van der Waals surface area contributed by atoms with Gasteiger partial charge in [0.15, 0.2) is 0 Å². The lowest BCUT2D eigenvalue weighted by molar-refractivity contribution is -0.144. The van der Waals surface area contributed by atoms with Crippen LogP contribution in [0.2, 0.25) is 0 Å². The molecular formula is C20H26N2O3. The number of H-pyrrole nitrogens is 1. The molecule has 5 heteroatoms. The first kappa shape index (κ1) is 16.6. The molecular weight excluding hydrogens is 316 g/mol. The van der Waals surface area contributed by atoms with E-state index in [1.54, 1.807) is 0 Å². The quantitative estimate of drug-likeness (QED) is 0.901. The zero-order chi connectivity index (χ0) is 17.4. The Labute approximate surface area is 148 Å². The third-order valence-corrected chi connectivity index (χ3v) is 5.95. The smallest absolute Gasteiger partial charge is 0.227 e. The fourth-order valence-corrected chi connectivity index (χ4v) is 4.44. The molecule has 2 N–H and O–H groups in total. The number of hydrogen-bond acceptors (Lipinski definition) is 3. The summed E-state index contributed by atoms with van der Waals surface area (Å²) in [5, 5.41) is 11.9. The van der Waals surface area contributed by atoms with Gasteiger partial charge in [-0.1, -0.05) is 18.2 Å². The first-order chi connectivity index (χ1) is 12.1. The van der Waals surface area contributed by atoms with Gasteiger partial charge in [0.25, 0.3) is 0 Å². The maximum atomic E-state index is 13.0. The van der Waals surface area contributed by atoms with Gasteiger partial charge in [-0.05, 0) is 37.8 Å². The van der Waals surface area contributed by atoms with Crippen LogP contribution in [0.4, 0.5) is 0 Å². The second-order valence-electron chi connectivity index (χ2n) is 7.62. The monoisotopic (exact) mass is 342 g/mol. The van der Waals surface area contributed by atoms with Crippen molar-refractivity contribution in [2.45, 2.75) is 44.2 Å². The number of aromatic amines is 1. The summed E-state index contributed by atoms with van der Waals surface area (Å²) < 4.78 is 5.62. The van der Waals surface area contributed by atoms with Crippen molar-refractivity contribution < 1.29 is 14.6 Å². The molecule has 3 heterocycles. The van der Waals surface area contributed by atoms with Gasteiger partial charge in [-0.25, -0.2) is 0 Å². The first-order valence-corrected chi connectivity index (χ1v) is 9.21. The second-order valence-corrected chi connectivity index (χ2v) is 7.62. The fourth-order valence-electron chi connectivity index (χ4n) is 4.44. The number of hydrogen-bond donors (Lipinski definition) is 2. The zero-order valence-corrected chi connectivity index (χ0v) is 14.7. The van der Waals surface area contributed by atoms with Gasteiger partial charge in [0.05, 0.1) is 18.6 Å². The predicted octanol–water partition coefficient (Wildman–Crippen LogP) is 2.49. The minimum absolute atomic E-state index is 0.00401. The molecule has 3 atom stereocenters. The van der Waals surface area contributed by atoms with Crippen LogP contribution in [0.15, 0.2) is 30.5 Å². The molecule has 0 bridgehead atoms. The van der Waals surface area contributed by atoms with E-state index in [9.17, 15) is 9.90 Å². The number of amides is 1. The van der Waals surface area contributed by atoms with Crippen molar-refractivity contribution in [3.63, 3.8) is 0 Å². The number of carbonyl (C=O) groups excluding carboxylic acids is 1. The Morgan fingerprint density at radius 2 is 2.28 bits per heavy atom. The molecule has 1 aromatic carbocycles. The minimum atomic E-state index is -0.757. The van der Waals surface area contributed by atoms with E-state index in [2.05, 4.69) is 11.1 Å². The Bertz CT molecular complexity index is 767. The van der Waals surface area contributed by atoms with Crippen LogP contribution < -0.4 is 0 Å². The summed E-state index contributed by atoms with van der Waals surface area (Å²) >= 11 is 0. The Morgan fingerprint density at radius 3 is 3.12 bits per heavy atom. The largest absolute Gasteiger partial charge is 0.390 e. The van der Waals surface area contributed by atoms with Crippen LogP contribution in [0.3, 0.4) is 0 Å². The molecule has 1 aromatic heterocycles. The van der Waals surface area contributed by atoms with Crippen molar-refractivity contribution >= 4 is 16.8 Å². The Balaban J connectivity index is 1.53. The third-order valence-electron chi connectivity index (χ3n) is 5.95. The fraction of sp³-hybridized carbons (Fsp3) is 0.550. The van der Waals surface area contributed by atoms with Crippen molar-refractivity contribution in [2.75, 3.05) is 19.8 Å². The molecule has 2 fully saturated rings. The van der Waals surface area contributed by atoms with E-state index in [1.165, 1.54) is 0 Å². The summed E-state index contributed by atoms with van der Waals surface area (Å²) in [5.74, 6) is 0.143. The van der Waals surface area contributed by atoms with Gasteiger partial charge in [-0.3, -0.25) is 4.79 Å². The summed E-state index contributed by atoms with van der Waals surface area (Å²) in [5.41, 5.74) is 1.34. The van der Waals surface area contributed by atoms with Crippen LogP contribution in [0.25, 0.3) is 10.9 Å². The number of ether oxygens (including phenoxy) is 1. The summed E-state index contributed by atoms with van der Waals surface area (Å²) in [7, 11) is 0. The molecule has 0 aliphatic carbocycles. The Hall–Kier alpha value is -1.85. The number of aliphatic hydroxyl groups is 1. The van der Waals surface area contributed by atoms with Gasteiger partial charge >= 0.3 is 0 Å². The molecule has 2 saturated heterocycles. The molecule has 25 heavy (non-hydrogen) atoms. The first-order valence-electron chi connectivity index (χ1n) is 9.21. The maximum Gasteiger partial charge on any atom is 0.227 e. The SMILES string of the molecule is C[C@]1(O)CCOC[C@@H]1[C@H]1CCCN1C(=O)Cc1c[nH]c2ccccc12. The summed E-state index contributed by atoms with van der Waals surface area (Å²) in [6.07, 6.45) is 4.92. The third kappa shape index (κ3) is 3.07. The molecule has 0 radical (unpaired) electrons. The molecule has 0 saturated carbocycles. The topological polar surface area (TPSA) is 65.6 Å². The molecule has 134 valence electrons.